The van der Waals surface area contributed by atoms with Crippen molar-refractivity contribution in [2.75, 3.05) is 6.54 Å². The highest BCUT2D eigenvalue weighted by atomic mass is 16.6. The molecule has 1 saturated carbocycles. The molecule has 0 saturated heterocycles. The summed E-state index contributed by atoms with van der Waals surface area (Å²) in [5.74, 6) is 0.596. The van der Waals surface area contributed by atoms with Crippen LogP contribution in [0.5, 0.6) is 0 Å². The fourth-order valence-corrected chi connectivity index (χ4v) is 2.05. The number of nitrogens with one attached hydrogen (secondary N) is 2. The van der Waals surface area contributed by atoms with E-state index < -0.39 is 5.60 Å². The van der Waals surface area contributed by atoms with Crippen molar-refractivity contribution in [1.29, 1.82) is 0 Å². The molecule has 1 aliphatic carbocycles. The van der Waals surface area contributed by atoms with E-state index in [0.29, 0.717) is 18.0 Å². The molecule has 0 heterocycles. The molecule has 1 amide bonds. The number of amides is 1. The molecule has 2 N–H and O–H groups in total. The third-order valence-electron chi connectivity index (χ3n) is 2.74. The first-order valence-corrected chi connectivity index (χ1v) is 6.49. The summed E-state index contributed by atoms with van der Waals surface area (Å²) in [6.45, 7) is 10.7. The maximum atomic E-state index is 11.4. The normalized spacial score (nSPS) is 24.4. The van der Waals surface area contributed by atoms with Gasteiger partial charge in [-0.05, 0) is 39.5 Å². The molecule has 0 unspecified atom stereocenters. The second kappa shape index (κ2) is 5.71. The molecule has 1 fully saturated rings. The van der Waals surface area contributed by atoms with E-state index in [9.17, 15) is 4.79 Å². The molecular weight excluding hydrogens is 216 g/mol. The molecule has 0 atom stereocenters. The summed E-state index contributed by atoms with van der Waals surface area (Å²) in [7, 11) is 0. The molecule has 0 aromatic rings. The topological polar surface area (TPSA) is 50.4 Å². The van der Waals surface area contributed by atoms with Gasteiger partial charge >= 0.3 is 6.09 Å². The van der Waals surface area contributed by atoms with E-state index >= 15 is 0 Å². The molecule has 1 rings (SSSR count). The van der Waals surface area contributed by atoms with E-state index in [1.807, 2.05) is 20.8 Å². The highest BCUT2D eigenvalue weighted by molar-refractivity contribution is 5.67. The van der Waals surface area contributed by atoms with E-state index in [2.05, 4.69) is 24.5 Å². The van der Waals surface area contributed by atoms with Crippen LogP contribution in [0.2, 0.25) is 0 Å². The fraction of sp³-hybridized carbons (Fsp3) is 0.923. The van der Waals surface area contributed by atoms with Crippen LogP contribution in [0.15, 0.2) is 0 Å². The van der Waals surface area contributed by atoms with Gasteiger partial charge in [-0.1, -0.05) is 13.8 Å². The van der Waals surface area contributed by atoms with Crippen LogP contribution in [0.4, 0.5) is 4.79 Å². The number of hydrogen-bond acceptors (Lipinski definition) is 3. The molecule has 0 aromatic heterocycles. The minimum Gasteiger partial charge on any atom is -0.444 e. The van der Waals surface area contributed by atoms with E-state index in [4.69, 9.17) is 4.74 Å². The number of ether oxygens (including phenoxy) is 1. The monoisotopic (exact) mass is 242 g/mol. The Hall–Kier alpha value is -0.770. The van der Waals surface area contributed by atoms with Crippen LogP contribution >= 0.6 is 0 Å². The van der Waals surface area contributed by atoms with E-state index in [1.54, 1.807) is 0 Å². The number of rotatable bonds is 4. The van der Waals surface area contributed by atoms with Crippen LogP contribution in [-0.4, -0.2) is 30.3 Å². The van der Waals surface area contributed by atoms with Crippen LogP contribution in [0.25, 0.3) is 0 Å². The molecule has 17 heavy (non-hydrogen) atoms. The summed E-state index contributed by atoms with van der Waals surface area (Å²) in [5, 5.41) is 6.32. The molecular formula is C13H26N2O2. The maximum Gasteiger partial charge on any atom is 0.407 e. The van der Waals surface area contributed by atoms with Gasteiger partial charge in [0.25, 0.3) is 0 Å². The Balaban J connectivity index is 2.08. The van der Waals surface area contributed by atoms with Crippen molar-refractivity contribution in [1.82, 2.24) is 10.6 Å². The minimum atomic E-state index is -0.411. The lowest BCUT2D eigenvalue weighted by Crippen LogP contribution is -2.48. The molecule has 100 valence electrons. The average molecular weight is 242 g/mol. The summed E-state index contributed by atoms with van der Waals surface area (Å²) in [6, 6.07) is 1.17. The zero-order chi connectivity index (χ0) is 13.1. The zero-order valence-corrected chi connectivity index (χ0v) is 11.7. The lowest BCUT2D eigenvalue weighted by Gasteiger charge is -2.37. The van der Waals surface area contributed by atoms with E-state index in [0.717, 1.165) is 19.4 Å². The number of hydrogen-bond donors (Lipinski definition) is 2. The van der Waals surface area contributed by atoms with Gasteiger partial charge in [-0.2, -0.15) is 0 Å². The van der Waals surface area contributed by atoms with Gasteiger partial charge in [-0.25, -0.2) is 4.79 Å². The second-order valence-electron chi connectivity index (χ2n) is 6.24. The molecule has 0 spiro atoms. The van der Waals surface area contributed by atoms with Gasteiger partial charge in [-0.15, -0.1) is 0 Å². The molecule has 4 nitrogen and oxygen atoms in total. The van der Waals surface area contributed by atoms with Gasteiger partial charge in [0.15, 0.2) is 0 Å². The number of carbonyl (C=O) groups excluding carboxylic acids is 1. The summed E-state index contributed by atoms with van der Waals surface area (Å²) in [5.41, 5.74) is -0.411. The fourth-order valence-electron chi connectivity index (χ4n) is 2.05. The third kappa shape index (κ3) is 5.91. The Morgan fingerprint density at radius 1 is 1.35 bits per heavy atom. The Kier molecular flexibility index (Phi) is 4.80. The van der Waals surface area contributed by atoms with Crippen molar-refractivity contribution in [2.24, 2.45) is 5.92 Å². The Morgan fingerprint density at radius 3 is 2.41 bits per heavy atom. The predicted molar refractivity (Wildman–Crippen MR) is 69.0 cm³/mol. The maximum absolute atomic E-state index is 11.4. The van der Waals surface area contributed by atoms with Crippen molar-refractivity contribution >= 4 is 6.09 Å². The molecule has 0 bridgehead atoms. The minimum absolute atomic E-state index is 0.308. The van der Waals surface area contributed by atoms with Crippen molar-refractivity contribution in [2.45, 2.75) is 65.1 Å². The van der Waals surface area contributed by atoms with Gasteiger partial charge in [0.2, 0.25) is 0 Å². The predicted octanol–water partition coefficient (Wildman–Crippen LogP) is 2.29. The van der Waals surface area contributed by atoms with Crippen LogP contribution in [0, 0.1) is 5.92 Å². The van der Waals surface area contributed by atoms with E-state index in [-0.39, 0.29) is 6.09 Å². The second-order valence-corrected chi connectivity index (χ2v) is 6.24. The highest BCUT2D eigenvalue weighted by Gasteiger charge is 2.29. The first-order chi connectivity index (χ1) is 7.76. The van der Waals surface area contributed by atoms with Crippen molar-refractivity contribution < 1.29 is 9.53 Å². The van der Waals surface area contributed by atoms with Crippen molar-refractivity contribution in [3.8, 4) is 0 Å². The quantitative estimate of drug-likeness (QED) is 0.795. The first-order valence-electron chi connectivity index (χ1n) is 6.49. The summed E-state index contributed by atoms with van der Waals surface area (Å²) >= 11 is 0. The summed E-state index contributed by atoms with van der Waals surface area (Å²) in [4.78, 5) is 11.4. The first kappa shape index (κ1) is 14.3. The largest absolute Gasteiger partial charge is 0.444 e. The summed E-state index contributed by atoms with van der Waals surface area (Å²) < 4.78 is 5.18. The summed E-state index contributed by atoms with van der Waals surface area (Å²) in [6.07, 6.45) is 1.99. The van der Waals surface area contributed by atoms with Crippen molar-refractivity contribution in [3.05, 3.63) is 0 Å². The van der Waals surface area contributed by atoms with Crippen LogP contribution in [0.1, 0.15) is 47.5 Å². The van der Waals surface area contributed by atoms with Crippen LogP contribution in [0.3, 0.4) is 0 Å². The molecule has 4 heteroatoms. The SMILES string of the molecule is CC(C)NC1CC(CNC(=O)OC(C)(C)C)C1. The molecule has 1 aliphatic rings. The van der Waals surface area contributed by atoms with Gasteiger partial charge in [0.05, 0.1) is 0 Å². The van der Waals surface area contributed by atoms with Gasteiger partial charge in [-0.3, -0.25) is 0 Å². The average Bonchev–Trinajstić information content (AvgIpc) is 2.04. The smallest absolute Gasteiger partial charge is 0.407 e. The Morgan fingerprint density at radius 2 is 1.94 bits per heavy atom. The van der Waals surface area contributed by atoms with Gasteiger partial charge < -0.3 is 15.4 Å². The van der Waals surface area contributed by atoms with Gasteiger partial charge in [0, 0.05) is 18.6 Å². The van der Waals surface area contributed by atoms with E-state index in [1.165, 1.54) is 0 Å². The number of carbonyl (C=O) groups is 1. The lowest BCUT2D eigenvalue weighted by molar-refractivity contribution is 0.0503. The van der Waals surface area contributed by atoms with Gasteiger partial charge in [0.1, 0.15) is 5.60 Å². The molecule has 0 radical (unpaired) electrons. The zero-order valence-electron chi connectivity index (χ0n) is 11.7. The molecule has 0 aliphatic heterocycles. The highest BCUT2D eigenvalue weighted by Crippen LogP contribution is 2.27. The van der Waals surface area contributed by atoms with Crippen LogP contribution < -0.4 is 10.6 Å². The van der Waals surface area contributed by atoms with Crippen molar-refractivity contribution in [3.63, 3.8) is 0 Å². The lowest BCUT2D eigenvalue weighted by atomic mass is 9.80. The number of alkyl carbamates (subject to hydrolysis) is 1. The Labute approximate surface area is 104 Å². The third-order valence-corrected chi connectivity index (χ3v) is 2.74. The van der Waals surface area contributed by atoms with Crippen LogP contribution in [-0.2, 0) is 4.74 Å². The molecule has 0 aromatic carbocycles. The standard InChI is InChI=1S/C13H26N2O2/c1-9(2)15-11-6-10(7-11)8-14-12(16)17-13(3,4)5/h9-11,15H,6-8H2,1-5H3,(H,14,16). The Bertz CT molecular complexity index is 253.